The van der Waals surface area contributed by atoms with Gasteiger partial charge in [0.2, 0.25) is 0 Å². The number of amides is 1. The number of aromatic nitrogens is 4. The zero-order chi connectivity index (χ0) is 24.7. The molecular weight excluding hydrogens is 444 g/mol. The van der Waals surface area contributed by atoms with Crippen molar-refractivity contribution in [3.05, 3.63) is 58.7 Å². The summed E-state index contributed by atoms with van der Waals surface area (Å²) >= 11 is 0. The number of H-pyrrole nitrogens is 1. The van der Waals surface area contributed by atoms with Crippen molar-refractivity contribution in [1.82, 2.24) is 29.3 Å². The van der Waals surface area contributed by atoms with E-state index in [9.17, 15) is 9.59 Å². The van der Waals surface area contributed by atoms with Crippen LogP contribution in [0.4, 0.5) is 0 Å². The molecular formula is C26H30N6O3. The van der Waals surface area contributed by atoms with Crippen LogP contribution in [-0.2, 0) is 17.8 Å². The Hall–Kier alpha value is -3.72. The van der Waals surface area contributed by atoms with Crippen molar-refractivity contribution in [2.24, 2.45) is 0 Å². The van der Waals surface area contributed by atoms with Crippen molar-refractivity contribution in [1.29, 1.82) is 0 Å². The van der Waals surface area contributed by atoms with E-state index in [-0.39, 0.29) is 12.5 Å². The van der Waals surface area contributed by atoms with E-state index >= 15 is 0 Å². The second-order valence-corrected chi connectivity index (χ2v) is 9.29. The number of carboxylic acid groups (broad SMARTS) is 1. The lowest BCUT2D eigenvalue weighted by atomic mass is 10.1. The Morgan fingerprint density at radius 2 is 1.83 bits per heavy atom. The number of aromatic amines is 1. The molecule has 0 aliphatic carbocycles. The second kappa shape index (κ2) is 9.14. The average Bonchev–Trinajstić information content (AvgIpc) is 3.40. The lowest BCUT2D eigenvalue weighted by molar-refractivity contribution is -0.138. The van der Waals surface area contributed by atoms with Gasteiger partial charge in [0, 0.05) is 49.2 Å². The number of imidazole rings is 1. The molecule has 0 radical (unpaired) electrons. The number of fused-ring (bicyclic) bond motifs is 2. The van der Waals surface area contributed by atoms with E-state index in [4.69, 9.17) is 15.1 Å². The van der Waals surface area contributed by atoms with Gasteiger partial charge in [-0.05, 0) is 49.2 Å². The molecule has 0 unspecified atom stereocenters. The Morgan fingerprint density at radius 3 is 2.54 bits per heavy atom. The molecule has 4 heterocycles. The maximum Gasteiger partial charge on any atom is 0.317 e. The summed E-state index contributed by atoms with van der Waals surface area (Å²) < 4.78 is 2.19. The minimum atomic E-state index is -0.841. The highest BCUT2D eigenvalue weighted by Crippen LogP contribution is 2.23. The lowest BCUT2D eigenvalue weighted by Crippen LogP contribution is -2.49. The van der Waals surface area contributed by atoms with Crippen LogP contribution in [0.1, 0.15) is 40.1 Å². The lowest BCUT2D eigenvalue weighted by Gasteiger charge is -2.33. The van der Waals surface area contributed by atoms with Gasteiger partial charge in [0.15, 0.2) is 5.65 Å². The third kappa shape index (κ3) is 4.51. The first-order chi connectivity index (χ1) is 16.8. The van der Waals surface area contributed by atoms with Crippen LogP contribution in [0.2, 0.25) is 0 Å². The van der Waals surface area contributed by atoms with Crippen LogP contribution in [0.5, 0.6) is 0 Å². The molecule has 0 atom stereocenters. The summed E-state index contributed by atoms with van der Waals surface area (Å²) in [6, 6.07) is 10.2. The fourth-order valence-corrected chi connectivity index (χ4v) is 4.93. The van der Waals surface area contributed by atoms with Crippen molar-refractivity contribution in [3.8, 4) is 0 Å². The zero-order valence-electron chi connectivity index (χ0n) is 20.3. The van der Waals surface area contributed by atoms with Crippen LogP contribution in [0, 0.1) is 13.8 Å². The van der Waals surface area contributed by atoms with E-state index in [2.05, 4.69) is 41.6 Å². The molecule has 1 aliphatic rings. The molecule has 4 aromatic rings. The predicted molar refractivity (Wildman–Crippen MR) is 134 cm³/mol. The number of carboxylic acids is 1. The van der Waals surface area contributed by atoms with E-state index in [1.807, 2.05) is 24.0 Å². The molecule has 1 fully saturated rings. The number of nitrogens with zero attached hydrogens (tertiary/aromatic N) is 5. The van der Waals surface area contributed by atoms with Gasteiger partial charge < -0.3 is 19.6 Å². The van der Waals surface area contributed by atoms with Crippen LogP contribution in [0.25, 0.3) is 22.1 Å². The predicted octanol–water partition coefficient (Wildman–Crippen LogP) is 2.98. The Bertz CT molecular complexity index is 1430. The fourth-order valence-electron chi connectivity index (χ4n) is 4.93. The van der Waals surface area contributed by atoms with Gasteiger partial charge in [-0.15, -0.1) is 0 Å². The van der Waals surface area contributed by atoms with Crippen LogP contribution in [0.15, 0.2) is 30.3 Å². The van der Waals surface area contributed by atoms with E-state index in [0.717, 1.165) is 51.1 Å². The monoisotopic (exact) mass is 474 g/mol. The number of carbonyl (C=O) groups excluding carboxylic acids is 1. The number of carbonyl (C=O) groups is 2. The van der Waals surface area contributed by atoms with Gasteiger partial charge in [-0.1, -0.05) is 13.0 Å². The highest BCUT2D eigenvalue weighted by molar-refractivity contribution is 5.98. The summed E-state index contributed by atoms with van der Waals surface area (Å²) in [5.41, 5.74) is 6.56. The van der Waals surface area contributed by atoms with Crippen LogP contribution in [0.3, 0.4) is 0 Å². The van der Waals surface area contributed by atoms with Crippen molar-refractivity contribution in [2.45, 2.75) is 33.7 Å². The molecule has 9 nitrogen and oxygen atoms in total. The number of benzene rings is 1. The van der Waals surface area contributed by atoms with Crippen molar-refractivity contribution >= 4 is 33.9 Å². The van der Waals surface area contributed by atoms with Gasteiger partial charge in [0.25, 0.3) is 5.91 Å². The molecule has 9 heteroatoms. The summed E-state index contributed by atoms with van der Waals surface area (Å²) in [6.45, 7) is 9.02. The number of hydrogen-bond donors (Lipinski definition) is 2. The molecule has 0 saturated carbocycles. The van der Waals surface area contributed by atoms with Gasteiger partial charge in [0.05, 0.1) is 13.1 Å². The van der Waals surface area contributed by atoms with E-state index in [0.29, 0.717) is 38.4 Å². The summed E-state index contributed by atoms with van der Waals surface area (Å²) in [6.07, 6.45) is 0.819. The first-order valence-corrected chi connectivity index (χ1v) is 12.0. The van der Waals surface area contributed by atoms with Gasteiger partial charge >= 0.3 is 5.97 Å². The first-order valence-electron chi connectivity index (χ1n) is 12.0. The van der Waals surface area contributed by atoms with Crippen LogP contribution >= 0.6 is 0 Å². The molecule has 0 spiro atoms. The van der Waals surface area contributed by atoms with Crippen LogP contribution < -0.4 is 0 Å². The molecule has 1 amide bonds. The molecule has 0 bridgehead atoms. The number of nitrogens with one attached hydrogen (secondary N) is 1. The molecule has 182 valence electrons. The average molecular weight is 475 g/mol. The zero-order valence-corrected chi connectivity index (χ0v) is 20.3. The Kier molecular flexibility index (Phi) is 6.02. The smallest absolute Gasteiger partial charge is 0.317 e. The summed E-state index contributed by atoms with van der Waals surface area (Å²) in [5.74, 6) is 0.113. The molecule has 1 aromatic carbocycles. The SMILES string of the molecule is CCc1nc2c(C)cc(C)nc2n1Cc1ccc2[nH]c(C(=O)N3CCN(CC(=O)O)CC3)cc2c1. The molecule has 2 N–H and O–H groups in total. The van der Waals surface area contributed by atoms with Crippen molar-refractivity contribution < 1.29 is 14.7 Å². The van der Waals surface area contributed by atoms with Gasteiger partial charge in [0.1, 0.15) is 17.0 Å². The number of rotatable bonds is 6. The largest absolute Gasteiger partial charge is 0.480 e. The number of aryl methyl sites for hydroxylation is 3. The standard InChI is InChI=1S/C26H30N6O3/c1-4-22-29-24-16(2)11-17(3)27-25(24)32(22)14-18-5-6-20-19(12-18)13-21(28-20)26(35)31-9-7-30(8-10-31)15-23(33)34/h5-6,11-13,28H,4,7-10,14-15H2,1-3H3,(H,33,34). The second-order valence-electron chi connectivity index (χ2n) is 9.29. The quantitative estimate of drug-likeness (QED) is 0.445. The minimum Gasteiger partial charge on any atom is -0.480 e. The summed E-state index contributed by atoms with van der Waals surface area (Å²) in [7, 11) is 0. The normalized spacial score (nSPS) is 14.8. The van der Waals surface area contributed by atoms with Gasteiger partial charge in [-0.3, -0.25) is 14.5 Å². The van der Waals surface area contributed by atoms with Crippen molar-refractivity contribution in [2.75, 3.05) is 32.7 Å². The minimum absolute atomic E-state index is 0.0117. The van der Waals surface area contributed by atoms with E-state index in [1.165, 1.54) is 0 Å². The Morgan fingerprint density at radius 1 is 1.06 bits per heavy atom. The fraction of sp³-hybridized carbons (Fsp3) is 0.385. The molecule has 1 saturated heterocycles. The summed E-state index contributed by atoms with van der Waals surface area (Å²) in [5, 5.41) is 9.96. The molecule has 5 rings (SSSR count). The van der Waals surface area contributed by atoms with Crippen molar-refractivity contribution in [3.63, 3.8) is 0 Å². The molecule has 35 heavy (non-hydrogen) atoms. The highest BCUT2D eigenvalue weighted by Gasteiger charge is 2.24. The maximum atomic E-state index is 13.1. The Balaban J connectivity index is 1.37. The van der Waals surface area contributed by atoms with Crippen LogP contribution in [-0.4, -0.2) is 79.0 Å². The molecule has 1 aliphatic heterocycles. The topological polar surface area (TPSA) is 107 Å². The van der Waals surface area contributed by atoms with Gasteiger partial charge in [-0.25, -0.2) is 9.97 Å². The molecule has 3 aromatic heterocycles. The van der Waals surface area contributed by atoms with Gasteiger partial charge in [-0.2, -0.15) is 0 Å². The Labute approximate surface area is 203 Å². The third-order valence-corrected chi connectivity index (χ3v) is 6.69. The highest BCUT2D eigenvalue weighted by atomic mass is 16.4. The number of pyridine rings is 1. The number of piperazine rings is 1. The first kappa shape index (κ1) is 23.0. The number of aliphatic carboxylic acids is 1. The maximum absolute atomic E-state index is 13.1. The van der Waals surface area contributed by atoms with E-state index < -0.39 is 5.97 Å². The summed E-state index contributed by atoms with van der Waals surface area (Å²) in [4.78, 5) is 40.5. The number of hydrogen-bond acceptors (Lipinski definition) is 5. The van der Waals surface area contributed by atoms with E-state index in [1.54, 1.807) is 4.90 Å². The third-order valence-electron chi connectivity index (χ3n) is 6.69.